The maximum atomic E-state index is 12.5. The molecule has 0 aromatic carbocycles. The molecule has 0 aliphatic rings. The van der Waals surface area contributed by atoms with Gasteiger partial charge in [0.1, 0.15) is 13.2 Å². The zero-order chi connectivity index (χ0) is 35.9. The highest BCUT2D eigenvalue weighted by molar-refractivity contribution is 5.71. The van der Waals surface area contributed by atoms with Crippen molar-refractivity contribution in [2.75, 3.05) is 13.2 Å². The summed E-state index contributed by atoms with van der Waals surface area (Å²) in [6.07, 6.45) is 38.3. The van der Waals surface area contributed by atoms with Crippen molar-refractivity contribution in [3.63, 3.8) is 0 Å². The molecule has 0 aliphatic heterocycles. The second-order valence-corrected chi connectivity index (χ2v) is 14.6. The number of esters is 3. The van der Waals surface area contributed by atoms with Crippen LogP contribution in [0.2, 0.25) is 0 Å². The minimum absolute atomic E-state index is 0.0646. The Bertz CT molecular complexity index is 723. The SMILES string of the molecule is CCCCCCCCCCCCCCCCCC(=O)OCC(COC(=O)CCCCCCCCCCCCC)OC(=O)CCCCCCC. The van der Waals surface area contributed by atoms with Crippen LogP contribution in [-0.4, -0.2) is 37.2 Å². The highest BCUT2D eigenvalue weighted by Gasteiger charge is 2.19. The molecule has 0 aliphatic carbocycles. The Hall–Kier alpha value is -1.59. The molecule has 0 spiro atoms. The third-order valence-corrected chi connectivity index (χ3v) is 9.61. The summed E-state index contributed by atoms with van der Waals surface area (Å²) in [5, 5.41) is 0. The maximum absolute atomic E-state index is 12.5. The third-order valence-electron chi connectivity index (χ3n) is 9.61. The lowest BCUT2D eigenvalue weighted by Crippen LogP contribution is -2.30. The first-order valence-corrected chi connectivity index (χ1v) is 21.5. The van der Waals surface area contributed by atoms with E-state index in [1.807, 2.05) is 0 Å². The van der Waals surface area contributed by atoms with Crippen molar-refractivity contribution in [1.29, 1.82) is 0 Å². The summed E-state index contributed by atoms with van der Waals surface area (Å²) in [5.41, 5.74) is 0. The summed E-state index contributed by atoms with van der Waals surface area (Å²) in [7, 11) is 0. The van der Waals surface area contributed by atoms with Crippen molar-refractivity contribution in [2.45, 2.75) is 245 Å². The fraction of sp³-hybridized carbons (Fsp3) is 0.930. The van der Waals surface area contributed by atoms with Gasteiger partial charge in [0.05, 0.1) is 0 Å². The van der Waals surface area contributed by atoms with E-state index >= 15 is 0 Å². The minimum atomic E-state index is -0.755. The van der Waals surface area contributed by atoms with Gasteiger partial charge in [-0.15, -0.1) is 0 Å². The van der Waals surface area contributed by atoms with Crippen molar-refractivity contribution in [3.8, 4) is 0 Å². The molecular weight excluding hydrogens is 612 g/mol. The number of carbonyl (C=O) groups excluding carboxylic acids is 3. The maximum Gasteiger partial charge on any atom is 0.306 e. The van der Waals surface area contributed by atoms with Crippen LogP contribution in [0, 0.1) is 0 Å². The van der Waals surface area contributed by atoms with E-state index in [1.165, 1.54) is 135 Å². The van der Waals surface area contributed by atoms with Crippen LogP contribution in [0.4, 0.5) is 0 Å². The van der Waals surface area contributed by atoms with E-state index in [2.05, 4.69) is 20.8 Å². The van der Waals surface area contributed by atoms with Crippen LogP contribution < -0.4 is 0 Å². The van der Waals surface area contributed by atoms with Gasteiger partial charge >= 0.3 is 17.9 Å². The molecule has 1 atom stereocenters. The molecular formula is C43H82O6. The summed E-state index contributed by atoms with van der Waals surface area (Å²) >= 11 is 0. The van der Waals surface area contributed by atoms with Gasteiger partial charge in [-0.2, -0.15) is 0 Å². The van der Waals surface area contributed by atoms with Crippen molar-refractivity contribution >= 4 is 17.9 Å². The van der Waals surface area contributed by atoms with Gasteiger partial charge in [-0.3, -0.25) is 14.4 Å². The topological polar surface area (TPSA) is 78.9 Å². The molecule has 0 radical (unpaired) electrons. The molecule has 0 bridgehead atoms. The number of hydrogen-bond donors (Lipinski definition) is 0. The van der Waals surface area contributed by atoms with Crippen LogP contribution in [0.1, 0.15) is 239 Å². The molecule has 0 aromatic rings. The fourth-order valence-corrected chi connectivity index (χ4v) is 6.32. The molecule has 0 saturated heterocycles. The van der Waals surface area contributed by atoms with Gasteiger partial charge in [0.2, 0.25) is 0 Å². The van der Waals surface area contributed by atoms with Crippen molar-refractivity contribution in [1.82, 2.24) is 0 Å². The smallest absolute Gasteiger partial charge is 0.306 e. The van der Waals surface area contributed by atoms with E-state index in [1.54, 1.807) is 0 Å². The highest BCUT2D eigenvalue weighted by Crippen LogP contribution is 2.15. The number of hydrogen-bond acceptors (Lipinski definition) is 6. The molecule has 0 fully saturated rings. The average Bonchev–Trinajstić information content (AvgIpc) is 3.09. The quantitative estimate of drug-likeness (QED) is 0.0362. The first-order valence-electron chi connectivity index (χ1n) is 21.5. The standard InChI is InChI=1S/C43H82O6/c1-4-7-10-13-15-17-19-20-21-22-24-26-28-31-33-36-42(45)48-39-40(49-43(46)37-34-29-12-9-6-3)38-47-41(44)35-32-30-27-25-23-18-16-14-11-8-5-2/h40H,4-39H2,1-3H3. The van der Waals surface area contributed by atoms with E-state index in [0.29, 0.717) is 19.3 Å². The summed E-state index contributed by atoms with van der Waals surface area (Å²) < 4.78 is 16.6. The predicted molar refractivity (Wildman–Crippen MR) is 206 cm³/mol. The van der Waals surface area contributed by atoms with Gasteiger partial charge in [-0.1, -0.05) is 201 Å². The molecule has 6 nitrogen and oxygen atoms in total. The number of unbranched alkanes of at least 4 members (excludes halogenated alkanes) is 28. The Morgan fingerprint density at radius 2 is 0.551 bits per heavy atom. The number of rotatable bonds is 39. The number of ether oxygens (including phenoxy) is 3. The van der Waals surface area contributed by atoms with Crippen LogP contribution >= 0.6 is 0 Å². The summed E-state index contributed by atoms with van der Waals surface area (Å²) in [4.78, 5) is 37.3. The zero-order valence-corrected chi connectivity index (χ0v) is 33.0. The Morgan fingerprint density at radius 1 is 0.327 bits per heavy atom. The molecule has 290 valence electrons. The molecule has 0 rings (SSSR count). The lowest BCUT2D eigenvalue weighted by Gasteiger charge is -2.18. The van der Waals surface area contributed by atoms with Crippen LogP contribution in [0.3, 0.4) is 0 Å². The van der Waals surface area contributed by atoms with Gasteiger partial charge in [0.25, 0.3) is 0 Å². The summed E-state index contributed by atoms with van der Waals surface area (Å²) in [5.74, 6) is -0.871. The first-order chi connectivity index (χ1) is 24.0. The fourth-order valence-electron chi connectivity index (χ4n) is 6.32. The van der Waals surface area contributed by atoms with Crippen LogP contribution in [0.25, 0.3) is 0 Å². The molecule has 49 heavy (non-hydrogen) atoms. The van der Waals surface area contributed by atoms with Crippen molar-refractivity contribution in [2.24, 2.45) is 0 Å². The molecule has 1 unspecified atom stereocenters. The van der Waals surface area contributed by atoms with Crippen LogP contribution in [-0.2, 0) is 28.6 Å². The molecule has 0 amide bonds. The Balaban J connectivity index is 4.14. The van der Waals surface area contributed by atoms with Crippen LogP contribution in [0.5, 0.6) is 0 Å². The van der Waals surface area contributed by atoms with Gasteiger partial charge in [-0.05, 0) is 19.3 Å². The Labute approximate surface area is 304 Å². The average molecular weight is 695 g/mol. The Morgan fingerprint density at radius 3 is 0.816 bits per heavy atom. The van der Waals surface area contributed by atoms with Gasteiger partial charge in [-0.25, -0.2) is 0 Å². The minimum Gasteiger partial charge on any atom is -0.462 e. The van der Waals surface area contributed by atoms with Gasteiger partial charge in [0.15, 0.2) is 6.10 Å². The second-order valence-electron chi connectivity index (χ2n) is 14.6. The first kappa shape index (κ1) is 47.4. The summed E-state index contributed by atoms with van der Waals surface area (Å²) in [6, 6.07) is 0. The third kappa shape index (κ3) is 37.5. The highest BCUT2D eigenvalue weighted by atomic mass is 16.6. The molecule has 0 heterocycles. The zero-order valence-electron chi connectivity index (χ0n) is 33.0. The largest absolute Gasteiger partial charge is 0.462 e. The molecule has 0 saturated carbocycles. The van der Waals surface area contributed by atoms with Crippen molar-refractivity contribution in [3.05, 3.63) is 0 Å². The van der Waals surface area contributed by atoms with Gasteiger partial charge < -0.3 is 14.2 Å². The van der Waals surface area contributed by atoms with Crippen molar-refractivity contribution < 1.29 is 28.6 Å². The predicted octanol–water partition coefficient (Wildman–Crippen LogP) is 13.3. The Kier molecular flexibility index (Phi) is 37.9. The van der Waals surface area contributed by atoms with E-state index in [-0.39, 0.29) is 31.1 Å². The van der Waals surface area contributed by atoms with E-state index < -0.39 is 6.10 Å². The van der Waals surface area contributed by atoms with Crippen LogP contribution in [0.15, 0.2) is 0 Å². The lowest BCUT2D eigenvalue weighted by atomic mass is 10.0. The normalized spacial score (nSPS) is 11.8. The van der Waals surface area contributed by atoms with E-state index in [9.17, 15) is 14.4 Å². The summed E-state index contributed by atoms with van der Waals surface area (Å²) in [6.45, 7) is 6.56. The molecule has 0 aromatic heterocycles. The molecule has 6 heteroatoms. The number of carbonyl (C=O) groups is 3. The molecule has 0 N–H and O–H groups in total. The monoisotopic (exact) mass is 695 g/mol. The van der Waals surface area contributed by atoms with E-state index in [4.69, 9.17) is 14.2 Å². The second kappa shape index (κ2) is 39.2. The lowest BCUT2D eigenvalue weighted by molar-refractivity contribution is -0.167. The van der Waals surface area contributed by atoms with Gasteiger partial charge in [0, 0.05) is 19.3 Å². The van der Waals surface area contributed by atoms with E-state index in [0.717, 1.165) is 64.2 Å².